The van der Waals surface area contributed by atoms with E-state index >= 15 is 0 Å². The topological polar surface area (TPSA) is 59.1 Å². The van der Waals surface area contributed by atoms with Gasteiger partial charge in [0, 0.05) is 6.20 Å². The molecule has 0 unspecified atom stereocenters. The first kappa shape index (κ1) is 13.1. The van der Waals surface area contributed by atoms with E-state index in [-0.39, 0.29) is 15.1 Å². The molecule has 4 nitrogen and oxygen atoms in total. The summed E-state index contributed by atoms with van der Waals surface area (Å²) in [6, 6.07) is 9.10. The van der Waals surface area contributed by atoms with Gasteiger partial charge in [-0.05, 0) is 24.3 Å². The van der Waals surface area contributed by atoms with Gasteiger partial charge in [0.25, 0.3) is 10.0 Å². The summed E-state index contributed by atoms with van der Waals surface area (Å²) in [7, 11) is -3.73. The van der Waals surface area contributed by atoms with Crippen molar-refractivity contribution in [2.45, 2.75) is 4.90 Å². The van der Waals surface area contributed by atoms with Gasteiger partial charge in [-0.25, -0.2) is 13.4 Å². The van der Waals surface area contributed by atoms with Crippen molar-refractivity contribution in [2.24, 2.45) is 0 Å². The molecular formula is C11H8Cl2N2O2S. The minimum Gasteiger partial charge on any atom is -0.279 e. The Balaban J connectivity index is 2.37. The van der Waals surface area contributed by atoms with Crippen molar-refractivity contribution in [1.82, 2.24) is 4.98 Å². The van der Waals surface area contributed by atoms with E-state index < -0.39 is 10.0 Å². The predicted molar refractivity (Wildman–Crippen MR) is 71.5 cm³/mol. The fourth-order valence-electron chi connectivity index (χ4n) is 1.34. The zero-order valence-electron chi connectivity index (χ0n) is 8.97. The lowest BCUT2D eigenvalue weighted by Gasteiger charge is -2.09. The Morgan fingerprint density at radius 3 is 2.50 bits per heavy atom. The number of aromatic nitrogens is 1. The van der Waals surface area contributed by atoms with Crippen molar-refractivity contribution < 1.29 is 8.42 Å². The van der Waals surface area contributed by atoms with Crippen molar-refractivity contribution in [2.75, 3.05) is 4.72 Å². The molecule has 0 saturated carbocycles. The highest BCUT2D eigenvalue weighted by Gasteiger charge is 2.17. The highest BCUT2D eigenvalue weighted by atomic mass is 35.5. The Bertz CT molecular complexity index is 674. The average Bonchev–Trinajstić information content (AvgIpc) is 2.28. The zero-order valence-corrected chi connectivity index (χ0v) is 11.3. The lowest BCUT2D eigenvalue weighted by molar-refractivity contribution is 0.601. The standard InChI is InChI=1S/C11H8Cl2N2O2S/c12-9-3-1-2-4-10(9)18(16,17)15-8-5-6-14-11(13)7-8/h1-7H,(H,14,15). The number of nitrogens with one attached hydrogen (secondary N) is 1. The van der Waals surface area contributed by atoms with Gasteiger partial charge < -0.3 is 0 Å². The third-order valence-corrected chi connectivity index (χ3v) is 4.19. The molecule has 1 aromatic carbocycles. The van der Waals surface area contributed by atoms with E-state index in [1.807, 2.05) is 0 Å². The summed E-state index contributed by atoms with van der Waals surface area (Å²) in [5.41, 5.74) is 0.329. The van der Waals surface area contributed by atoms with Crippen LogP contribution in [0.25, 0.3) is 0 Å². The van der Waals surface area contributed by atoms with Gasteiger partial charge >= 0.3 is 0 Å². The smallest absolute Gasteiger partial charge is 0.263 e. The summed E-state index contributed by atoms with van der Waals surface area (Å²) in [6.07, 6.45) is 1.41. The first-order chi connectivity index (χ1) is 8.49. The molecule has 0 radical (unpaired) electrons. The molecule has 0 amide bonds. The SMILES string of the molecule is O=S(=O)(Nc1ccnc(Cl)c1)c1ccccc1Cl. The Labute approximate surface area is 115 Å². The summed E-state index contributed by atoms with van der Waals surface area (Å²) < 4.78 is 26.5. The molecule has 0 aliphatic heterocycles. The summed E-state index contributed by atoms with van der Waals surface area (Å²) in [6.45, 7) is 0. The van der Waals surface area contributed by atoms with Crippen molar-refractivity contribution >= 4 is 38.9 Å². The van der Waals surface area contributed by atoms with Crippen molar-refractivity contribution in [3.05, 3.63) is 52.8 Å². The Kier molecular flexibility index (Phi) is 3.75. The van der Waals surface area contributed by atoms with Crippen LogP contribution in [-0.4, -0.2) is 13.4 Å². The maximum atomic E-state index is 12.1. The molecule has 0 aliphatic rings. The van der Waals surface area contributed by atoms with Crippen LogP contribution in [0.5, 0.6) is 0 Å². The van der Waals surface area contributed by atoms with Crippen LogP contribution in [-0.2, 0) is 10.0 Å². The molecule has 0 saturated heterocycles. The van der Waals surface area contributed by atoms with E-state index in [1.54, 1.807) is 12.1 Å². The van der Waals surface area contributed by atoms with Crippen molar-refractivity contribution in [3.8, 4) is 0 Å². The second-order valence-electron chi connectivity index (χ2n) is 3.40. The Morgan fingerprint density at radius 1 is 1.11 bits per heavy atom. The molecule has 18 heavy (non-hydrogen) atoms. The molecule has 1 heterocycles. The van der Waals surface area contributed by atoms with Crippen LogP contribution >= 0.6 is 23.2 Å². The zero-order chi connectivity index (χ0) is 13.2. The van der Waals surface area contributed by atoms with Crippen LogP contribution in [0.4, 0.5) is 5.69 Å². The maximum Gasteiger partial charge on any atom is 0.263 e. The van der Waals surface area contributed by atoms with Crippen molar-refractivity contribution in [1.29, 1.82) is 0 Å². The van der Waals surface area contributed by atoms with Gasteiger partial charge in [0.05, 0.1) is 10.7 Å². The summed E-state index contributed by atoms with van der Waals surface area (Å²) in [4.78, 5) is 3.78. The van der Waals surface area contributed by atoms with Gasteiger partial charge in [-0.1, -0.05) is 35.3 Å². The first-order valence-electron chi connectivity index (χ1n) is 4.88. The van der Waals surface area contributed by atoms with Gasteiger partial charge in [-0.15, -0.1) is 0 Å². The van der Waals surface area contributed by atoms with Gasteiger partial charge in [0.15, 0.2) is 0 Å². The van der Waals surface area contributed by atoms with E-state index in [0.29, 0.717) is 5.69 Å². The third kappa shape index (κ3) is 2.93. The van der Waals surface area contributed by atoms with Crippen molar-refractivity contribution in [3.63, 3.8) is 0 Å². The molecule has 0 fully saturated rings. The van der Waals surface area contributed by atoms with E-state index in [2.05, 4.69) is 9.71 Å². The number of benzene rings is 1. The highest BCUT2D eigenvalue weighted by molar-refractivity contribution is 7.92. The number of hydrogen-bond donors (Lipinski definition) is 1. The average molecular weight is 303 g/mol. The van der Waals surface area contributed by atoms with Crippen LogP contribution in [0.3, 0.4) is 0 Å². The number of rotatable bonds is 3. The number of nitrogens with zero attached hydrogens (tertiary/aromatic N) is 1. The monoisotopic (exact) mass is 302 g/mol. The second-order valence-corrected chi connectivity index (χ2v) is 5.85. The molecule has 0 atom stereocenters. The normalized spacial score (nSPS) is 11.2. The summed E-state index contributed by atoms with van der Waals surface area (Å²) in [5.74, 6) is 0. The molecular weight excluding hydrogens is 295 g/mol. The van der Waals surface area contributed by atoms with E-state index in [4.69, 9.17) is 23.2 Å². The molecule has 2 aromatic rings. The number of sulfonamides is 1. The minimum atomic E-state index is -3.73. The van der Waals surface area contributed by atoms with Gasteiger partial charge in [0.2, 0.25) is 0 Å². The fraction of sp³-hybridized carbons (Fsp3) is 0. The summed E-state index contributed by atoms with van der Waals surface area (Å²) in [5, 5.41) is 0.361. The first-order valence-corrected chi connectivity index (χ1v) is 7.12. The molecule has 1 N–H and O–H groups in total. The van der Waals surface area contributed by atoms with Gasteiger partial charge in [-0.3, -0.25) is 4.72 Å². The number of hydrogen-bond acceptors (Lipinski definition) is 3. The van der Waals surface area contributed by atoms with Crippen LogP contribution in [0.2, 0.25) is 10.2 Å². The molecule has 2 rings (SSSR count). The maximum absolute atomic E-state index is 12.1. The molecule has 94 valence electrons. The number of halogens is 2. The van der Waals surface area contributed by atoms with E-state index in [1.165, 1.54) is 30.5 Å². The van der Waals surface area contributed by atoms with Gasteiger partial charge in [-0.2, -0.15) is 0 Å². The Morgan fingerprint density at radius 2 is 1.83 bits per heavy atom. The predicted octanol–water partition coefficient (Wildman–Crippen LogP) is 3.19. The fourth-order valence-corrected chi connectivity index (χ4v) is 3.08. The lowest BCUT2D eigenvalue weighted by atomic mass is 10.4. The Hall–Kier alpha value is -1.30. The van der Waals surface area contributed by atoms with Crippen LogP contribution in [0, 0.1) is 0 Å². The third-order valence-electron chi connectivity index (χ3n) is 2.10. The molecule has 1 aromatic heterocycles. The van der Waals surface area contributed by atoms with E-state index in [9.17, 15) is 8.42 Å². The van der Waals surface area contributed by atoms with Crippen LogP contribution in [0.1, 0.15) is 0 Å². The number of anilines is 1. The number of pyridine rings is 1. The largest absolute Gasteiger partial charge is 0.279 e. The molecule has 7 heteroatoms. The van der Waals surface area contributed by atoms with Gasteiger partial charge in [0.1, 0.15) is 10.0 Å². The highest BCUT2D eigenvalue weighted by Crippen LogP contribution is 2.23. The summed E-state index contributed by atoms with van der Waals surface area (Å²) >= 11 is 11.5. The molecule has 0 bridgehead atoms. The quantitative estimate of drug-likeness (QED) is 0.886. The van der Waals surface area contributed by atoms with E-state index in [0.717, 1.165) is 0 Å². The second kappa shape index (κ2) is 5.14. The van der Waals surface area contributed by atoms with Crippen LogP contribution in [0.15, 0.2) is 47.5 Å². The minimum absolute atomic E-state index is 0.0135. The lowest BCUT2D eigenvalue weighted by Crippen LogP contribution is -2.13. The molecule has 0 spiro atoms. The van der Waals surface area contributed by atoms with Crippen LogP contribution < -0.4 is 4.72 Å². The molecule has 0 aliphatic carbocycles.